The molecule has 148 valence electrons. The average molecular weight is 381 g/mol. The lowest BCUT2D eigenvalue weighted by molar-refractivity contribution is -0.250. The number of anilines is 1. The number of nitrogens with zero attached hydrogens (tertiary/aromatic N) is 4. The zero-order valence-corrected chi connectivity index (χ0v) is 14.7. The van der Waals surface area contributed by atoms with Crippen LogP contribution in [0.5, 0.6) is 0 Å². The van der Waals surface area contributed by atoms with Gasteiger partial charge in [0, 0.05) is 6.54 Å². The molecule has 27 heavy (non-hydrogen) atoms. The Labute approximate surface area is 154 Å². The molecule has 0 saturated carbocycles. The largest absolute Gasteiger partial charge is 0.394 e. The summed E-state index contributed by atoms with van der Waals surface area (Å²) in [6.45, 7) is 1.60. The summed E-state index contributed by atoms with van der Waals surface area (Å²) >= 11 is 0. The van der Waals surface area contributed by atoms with Crippen molar-refractivity contribution in [2.75, 3.05) is 25.1 Å². The molecule has 6 N–H and O–H groups in total. The smallest absolute Gasteiger partial charge is 0.183 e. The van der Waals surface area contributed by atoms with E-state index >= 15 is 0 Å². The fourth-order valence-corrected chi connectivity index (χ4v) is 2.90. The zero-order chi connectivity index (χ0) is 19.6. The van der Waals surface area contributed by atoms with Crippen LogP contribution in [-0.2, 0) is 4.74 Å². The number of hydrogen-bond acceptors (Lipinski definition) is 10. The molecular formula is C16H23N5O6. The lowest BCUT2D eigenvalue weighted by atomic mass is 9.98. The van der Waals surface area contributed by atoms with Crippen molar-refractivity contribution in [1.29, 1.82) is 0 Å². The second-order valence-corrected chi connectivity index (χ2v) is 6.36. The van der Waals surface area contributed by atoms with E-state index in [0.29, 0.717) is 23.5 Å². The summed E-state index contributed by atoms with van der Waals surface area (Å²) in [5.74, 6) is 0.413. The van der Waals surface area contributed by atoms with Crippen LogP contribution in [0.3, 0.4) is 0 Å². The molecule has 0 aromatic carbocycles. The van der Waals surface area contributed by atoms with Gasteiger partial charge >= 0.3 is 0 Å². The Morgan fingerprint density at radius 1 is 1.19 bits per heavy atom. The van der Waals surface area contributed by atoms with Crippen molar-refractivity contribution in [2.24, 2.45) is 0 Å². The molecule has 5 atom stereocenters. The lowest BCUT2D eigenvalue weighted by Gasteiger charge is -2.40. The van der Waals surface area contributed by atoms with Crippen LogP contribution in [0.4, 0.5) is 5.82 Å². The van der Waals surface area contributed by atoms with Crippen molar-refractivity contribution in [2.45, 2.75) is 37.6 Å². The van der Waals surface area contributed by atoms with Crippen LogP contribution in [0.15, 0.2) is 24.3 Å². The Morgan fingerprint density at radius 3 is 2.67 bits per heavy atom. The van der Waals surface area contributed by atoms with Crippen LogP contribution in [0.25, 0.3) is 11.2 Å². The molecule has 0 radical (unpaired) electrons. The minimum atomic E-state index is -1.51. The maximum Gasteiger partial charge on any atom is 0.183 e. The fraction of sp³-hybridized carbons (Fsp3) is 0.562. The van der Waals surface area contributed by atoms with E-state index in [1.165, 1.54) is 17.2 Å². The molecule has 1 aliphatic heterocycles. The van der Waals surface area contributed by atoms with E-state index in [0.717, 1.165) is 5.57 Å². The molecule has 3 rings (SSSR count). The molecule has 1 aliphatic rings. The first-order valence-electron chi connectivity index (χ1n) is 8.46. The Kier molecular flexibility index (Phi) is 5.99. The van der Waals surface area contributed by atoms with Gasteiger partial charge in [0.25, 0.3) is 0 Å². The summed E-state index contributed by atoms with van der Waals surface area (Å²) in [6, 6.07) is 0. The first kappa shape index (κ1) is 19.6. The monoisotopic (exact) mass is 381 g/mol. The highest BCUT2D eigenvalue weighted by atomic mass is 16.6. The van der Waals surface area contributed by atoms with Crippen molar-refractivity contribution in [3.63, 3.8) is 0 Å². The molecule has 2 aromatic rings. The molecule has 0 unspecified atom stereocenters. The van der Waals surface area contributed by atoms with Gasteiger partial charge < -0.3 is 35.6 Å². The van der Waals surface area contributed by atoms with E-state index in [4.69, 9.17) is 9.84 Å². The fourth-order valence-electron chi connectivity index (χ4n) is 2.90. The molecule has 0 bridgehead atoms. The topological polar surface area (TPSA) is 166 Å². The predicted octanol–water partition coefficient (Wildman–Crippen LogP) is -1.85. The van der Waals surface area contributed by atoms with Crippen molar-refractivity contribution in [3.05, 3.63) is 24.3 Å². The number of aromatic nitrogens is 4. The Hall–Kier alpha value is -2.15. The summed E-state index contributed by atoms with van der Waals surface area (Å²) in [4.78, 5) is 12.4. The standard InChI is InChI=1S/C16H23N5O6/c1-8(4-22)2-3-17-14-10-15(19-6-18-14)20-7-21(10)16-13(26)12(25)11(24)9(5-23)27-16/h2,6-7,9,11-13,16,22-26H,3-5H2,1H3,(H,17,18,19)/b8-2+/t9-,11-,12+,13-,16-/m1/s1. The van der Waals surface area contributed by atoms with Crippen LogP contribution in [-0.4, -0.2) is 89.2 Å². The highest BCUT2D eigenvalue weighted by Gasteiger charge is 2.44. The van der Waals surface area contributed by atoms with Crippen LogP contribution in [0, 0.1) is 0 Å². The first-order valence-corrected chi connectivity index (χ1v) is 8.46. The van der Waals surface area contributed by atoms with E-state index in [9.17, 15) is 20.4 Å². The number of aliphatic hydroxyl groups excluding tert-OH is 5. The average Bonchev–Trinajstić information content (AvgIpc) is 3.11. The normalized spacial score (nSPS) is 29.3. The Morgan fingerprint density at radius 2 is 1.96 bits per heavy atom. The third-order valence-corrected chi connectivity index (χ3v) is 4.48. The maximum absolute atomic E-state index is 10.4. The van der Waals surface area contributed by atoms with Gasteiger partial charge in [0.15, 0.2) is 17.7 Å². The molecule has 1 saturated heterocycles. The summed E-state index contributed by atoms with van der Waals surface area (Å²) in [5, 5.41) is 51.9. The molecular weight excluding hydrogens is 358 g/mol. The van der Waals surface area contributed by atoms with E-state index in [1.807, 2.05) is 0 Å². The van der Waals surface area contributed by atoms with E-state index in [-0.39, 0.29) is 6.61 Å². The van der Waals surface area contributed by atoms with Crippen LogP contribution < -0.4 is 5.32 Å². The van der Waals surface area contributed by atoms with Gasteiger partial charge in [0.05, 0.1) is 13.2 Å². The van der Waals surface area contributed by atoms with Crippen LogP contribution in [0.2, 0.25) is 0 Å². The van der Waals surface area contributed by atoms with Crippen molar-refractivity contribution in [3.8, 4) is 0 Å². The molecule has 1 fully saturated rings. The third kappa shape index (κ3) is 3.78. The summed E-state index contributed by atoms with van der Waals surface area (Å²) in [6.07, 6.45) is -2.04. The molecule has 2 aromatic heterocycles. The number of imidazole rings is 1. The van der Waals surface area contributed by atoms with Crippen molar-refractivity contribution < 1.29 is 30.3 Å². The molecule has 3 heterocycles. The Bertz CT molecular complexity index is 810. The number of fused-ring (bicyclic) bond motifs is 1. The summed E-state index contributed by atoms with van der Waals surface area (Å²) in [7, 11) is 0. The van der Waals surface area contributed by atoms with E-state index < -0.39 is 37.3 Å². The second-order valence-electron chi connectivity index (χ2n) is 6.36. The predicted molar refractivity (Wildman–Crippen MR) is 93.7 cm³/mol. The number of nitrogens with one attached hydrogen (secondary N) is 1. The summed E-state index contributed by atoms with van der Waals surface area (Å²) < 4.78 is 7.03. The first-order chi connectivity index (χ1) is 13.0. The molecule has 0 spiro atoms. The van der Waals surface area contributed by atoms with Gasteiger partial charge in [0.1, 0.15) is 42.6 Å². The minimum Gasteiger partial charge on any atom is -0.394 e. The zero-order valence-electron chi connectivity index (χ0n) is 14.7. The van der Waals surface area contributed by atoms with Gasteiger partial charge in [-0.2, -0.15) is 0 Å². The van der Waals surface area contributed by atoms with Crippen LogP contribution >= 0.6 is 0 Å². The molecule has 0 aliphatic carbocycles. The lowest BCUT2D eigenvalue weighted by Crippen LogP contribution is -2.56. The number of aliphatic hydroxyl groups is 5. The van der Waals surface area contributed by atoms with E-state index in [1.54, 1.807) is 13.0 Å². The van der Waals surface area contributed by atoms with Gasteiger partial charge in [-0.05, 0) is 6.92 Å². The number of hydrogen-bond donors (Lipinski definition) is 6. The van der Waals surface area contributed by atoms with Crippen LogP contribution in [0.1, 0.15) is 13.2 Å². The van der Waals surface area contributed by atoms with E-state index in [2.05, 4.69) is 20.3 Å². The quantitative estimate of drug-likeness (QED) is 0.313. The minimum absolute atomic E-state index is 0.0519. The number of ether oxygens (including phenoxy) is 1. The molecule has 11 nitrogen and oxygen atoms in total. The molecule has 0 amide bonds. The Balaban J connectivity index is 1.95. The highest BCUT2D eigenvalue weighted by molar-refractivity contribution is 5.83. The van der Waals surface area contributed by atoms with Crippen molar-refractivity contribution in [1.82, 2.24) is 19.5 Å². The van der Waals surface area contributed by atoms with Crippen molar-refractivity contribution >= 4 is 17.0 Å². The highest BCUT2D eigenvalue weighted by Crippen LogP contribution is 2.32. The third-order valence-electron chi connectivity index (χ3n) is 4.48. The SMILES string of the molecule is C/C(=C\CNc1ncnc2ncn([C@@H]3O[C@H](CO)[C@@H](O)[C@H](O)[C@H]3O)c12)CO. The van der Waals surface area contributed by atoms with Gasteiger partial charge in [-0.3, -0.25) is 4.57 Å². The van der Waals surface area contributed by atoms with Gasteiger partial charge in [-0.25, -0.2) is 15.0 Å². The second kappa shape index (κ2) is 8.25. The van der Waals surface area contributed by atoms with Gasteiger partial charge in [-0.1, -0.05) is 11.6 Å². The molecule has 11 heteroatoms. The number of rotatable bonds is 6. The summed E-state index contributed by atoms with van der Waals surface area (Å²) in [5.41, 5.74) is 1.56. The van der Waals surface area contributed by atoms with Gasteiger partial charge in [0.2, 0.25) is 0 Å². The van der Waals surface area contributed by atoms with Gasteiger partial charge in [-0.15, -0.1) is 0 Å². The maximum atomic E-state index is 10.4.